The standard InChI is InChI=1S/C14H18F2N2O/c15-14(16)19-13-5-3-12(4-6-13)18-8-7-11(9-18)17-10-1-2-10/h3-6,10-11,14,17H,1-2,7-9H2. The van der Waals surface area contributed by atoms with Gasteiger partial charge < -0.3 is 15.0 Å². The molecule has 1 aromatic carbocycles. The maximum absolute atomic E-state index is 12.1. The van der Waals surface area contributed by atoms with Gasteiger partial charge in [-0.3, -0.25) is 0 Å². The molecule has 3 rings (SSSR count). The van der Waals surface area contributed by atoms with Crippen LogP contribution in [0.25, 0.3) is 0 Å². The quantitative estimate of drug-likeness (QED) is 0.888. The van der Waals surface area contributed by atoms with Gasteiger partial charge in [0.25, 0.3) is 0 Å². The van der Waals surface area contributed by atoms with Gasteiger partial charge in [0.2, 0.25) is 0 Å². The monoisotopic (exact) mass is 268 g/mol. The van der Waals surface area contributed by atoms with Crippen LogP contribution < -0.4 is 15.0 Å². The van der Waals surface area contributed by atoms with Gasteiger partial charge in [0, 0.05) is 30.9 Å². The van der Waals surface area contributed by atoms with Crippen molar-refractivity contribution in [2.45, 2.75) is 38.0 Å². The highest BCUT2D eigenvalue weighted by atomic mass is 19.3. The Morgan fingerprint density at radius 2 is 1.84 bits per heavy atom. The first-order valence-corrected chi connectivity index (χ1v) is 6.76. The van der Waals surface area contributed by atoms with Crippen molar-refractivity contribution in [1.29, 1.82) is 0 Å². The van der Waals surface area contributed by atoms with Gasteiger partial charge in [-0.1, -0.05) is 0 Å². The Labute approximate surface area is 111 Å². The minimum absolute atomic E-state index is 0.214. The first kappa shape index (κ1) is 12.7. The maximum Gasteiger partial charge on any atom is 0.387 e. The molecule has 2 aliphatic rings. The first-order chi connectivity index (χ1) is 9.20. The van der Waals surface area contributed by atoms with Crippen LogP contribution in [0.1, 0.15) is 19.3 Å². The molecule has 1 unspecified atom stereocenters. The lowest BCUT2D eigenvalue weighted by Crippen LogP contribution is -2.33. The SMILES string of the molecule is FC(F)Oc1ccc(N2CCC(NC3CC3)C2)cc1. The van der Waals surface area contributed by atoms with Crippen LogP contribution in [0.3, 0.4) is 0 Å². The molecule has 2 fully saturated rings. The third-order valence-corrected chi connectivity index (χ3v) is 3.66. The van der Waals surface area contributed by atoms with E-state index in [2.05, 4.69) is 15.0 Å². The van der Waals surface area contributed by atoms with Crippen LogP contribution in [0.2, 0.25) is 0 Å². The molecule has 104 valence electrons. The molecule has 0 radical (unpaired) electrons. The van der Waals surface area contributed by atoms with Crippen molar-refractivity contribution >= 4 is 5.69 Å². The summed E-state index contributed by atoms with van der Waals surface area (Å²) in [5.74, 6) is 0.214. The van der Waals surface area contributed by atoms with E-state index in [0.717, 1.165) is 31.2 Å². The van der Waals surface area contributed by atoms with Crippen molar-refractivity contribution in [3.8, 4) is 5.75 Å². The van der Waals surface area contributed by atoms with Gasteiger partial charge in [-0.2, -0.15) is 8.78 Å². The number of rotatable bonds is 5. The molecule has 1 saturated carbocycles. The molecule has 1 aliphatic heterocycles. The van der Waals surface area contributed by atoms with E-state index < -0.39 is 6.61 Å². The van der Waals surface area contributed by atoms with Crippen LogP contribution in [0.4, 0.5) is 14.5 Å². The Hall–Kier alpha value is -1.36. The lowest BCUT2D eigenvalue weighted by Gasteiger charge is -2.19. The third kappa shape index (κ3) is 3.35. The molecule has 0 aromatic heterocycles. The number of ether oxygens (including phenoxy) is 1. The zero-order valence-electron chi connectivity index (χ0n) is 10.7. The van der Waals surface area contributed by atoms with E-state index in [-0.39, 0.29) is 5.75 Å². The largest absolute Gasteiger partial charge is 0.435 e. The number of halogens is 2. The average molecular weight is 268 g/mol. The van der Waals surface area contributed by atoms with Crippen molar-refractivity contribution in [1.82, 2.24) is 5.32 Å². The summed E-state index contributed by atoms with van der Waals surface area (Å²) in [7, 11) is 0. The number of nitrogens with zero attached hydrogens (tertiary/aromatic N) is 1. The van der Waals surface area contributed by atoms with Gasteiger partial charge in [-0.25, -0.2) is 0 Å². The molecule has 0 spiro atoms. The van der Waals surface area contributed by atoms with E-state index in [1.807, 2.05) is 12.1 Å². The maximum atomic E-state index is 12.1. The normalized spacial score (nSPS) is 23.1. The van der Waals surface area contributed by atoms with Crippen LogP contribution >= 0.6 is 0 Å². The zero-order valence-corrected chi connectivity index (χ0v) is 10.7. The van der Waals surface area contributed by atoms with E-state index in [4.69, 9.17) is 0 Å². The summed E-state index contributed by atoms with van der Waals surface area (Å²) in [6.45, 7) is -0.755. The summed E-state index contributed by atoms with van der Waals surface area (Å²) in [6.07, 6.45) is 3.75. The van der Waals surface area contributed by atoms with Crippen molar-refractivity contribution in [3.63, 3.8) is 0 Å². The van der Waals surface area contributed by atoms with Crippen molar-refractivity contribution in [2.75, 3.05) is 18.0 Å². The molecule has 0 bridgehead atoms. The minimum atomic E-state index is -2.76. The summed E-state index contributed by atoms with van der Waals surface area (Å²) in [5, 5.41) is 3.62. The molecule has 3 nitrogen and oxygen atoms in total. The lowest BCUT2D eigenvalue weighted by atomic mass is 10.2. The van der Waals surface area contributed by atoms with Gasteiger partial charge in [-0.15, -0.1) is 0 Å². The van der Waals surface area contributed by atoms with Crippen LogP contribution in [0, 0.1) is 0 Å². The van der Waals surface area contributed by atoms with Gasteiger partial charge >= 0.3 is 6.61 Å². The Kier molecular flexibility index (Phi) is 3.55. The number of hydrogen-bond acceptors (Lipinski definition) is 3. The molecule has 0 amide bonds. The first-order valence-electron chi connectivity index (χ1n) is 6.76. The molecular formula is C14H18F2N2O. The van der Waals surface area contributed by atoms with Gasteiger partial charge in [-0.05, 0) is 43.5 Å². The fourth-order valence-corrected chi connectivity index (χ4v) is 2.55. The van der Waals surface area contributed by atoms with Gasteiger partial charge in [0.05, 0.1) is 0 Å². The van der Waals surface area contributed by atoms with E-state index >= 15 is 0 Å². The molecule has 1 saturated heterocycles. The van der Waals surface area contributed by atoms with Crippen LogP contribution in [-0.2, 0) is 0 Å². The summed E-state index contributed by atoms with van der Waals surface area (Å²) in [5.41, 5.74) is 1.07. The van der Waals surface area contributed by atoms with Gasteiger partial charge in [0.15, 0.2) is 0 Å². The summed E-state index contributed by atoms with van der Waals surface area (Å²) in [6, 6.07) is 8.18. The topological polar surface area (TPSA) is 24.5 Å². The molecule has 1 heterocycles. The Morgan fingerprint density at radius 1 is 1.11 bits per heavy atom. The van der Waals surface area contributed by atoms with E-state index in [9.17, 15) is 8.78 Å². The van der Waals surface area contributed by atoms with E-state index in [1.54, 1.807) is 12.1 Å². The lowest BCUT2D eigenvalue weighted by molar-refractivity contribution is -0.0498. The minimum Gasteiger partial charge on any atom is -0.435 e. The van der Waals surface area contributed by atoms with Crippen LogP contribution in [0.15, 0.2) is 24.3 Å². The molecule has 1 aliphatic carbocycles. The van der Waals surface area contributed by atoms with E-state index in [1.165, 1.54) is 12.8 Å². The molecular weight excluding hydrogens is 250 g/mol. The third-order valence-electron chi connectivity index (χ3n) is 3.66. The molecule has 1 atom stereocenters. The van der Waals surface area contributed by atoms with E-state index in [0.29, 0.717) is 6.04 Å². The number of benzene rings is 1. The second-order valence-corrected chi connectivity index (χ2v) is 5.24. The van der Waals surface area contributed by atoms with Gasteiger partial charge in [0.1, 0.15) is 5.75 Å². The van der Waals surface area contributed by atoms with Crippen molar-refractivity contribution in [2.24, 2.45) is 0 Å². The summed E-state index contributed by atoms with van der Waals surface area (Å²) >= 11 is 0. The fourth-order valence-electron chi connectivity index (χ4n) is 2.55. The second-order valence-electron chi connectivity index (χ2n) is 5.24. The summed E-state index contributed by atoms with van der Waals surface area (Å²) < 4.78 is 28.5. The number of nitrogens with one attached hydrogen (secondary N) is 1. The predicted octanol–water partition coefficient (Wildman–Crippen LogP) is 2.62. The average Bonchev–Trinajstić information content (AvgIpc) is 3.06. The molecule has 5 heteroatoms. The second kappa shape index (κ2) is 5.33. The Balaban J connectivity index is 1.56. The highest BCUT2D eigenvalue weighted by Crippen LogP contribution is 2.26. The number of anilines is 1. The molecule has 1 aromatic rings. The predicted molar refractivity (Wildman–Crippen MR) is 69.8 cm³/mol. The highest BCUT2D eigenvalue weighted by Gasteiger charge is 2.29. The Morgan fingerprint density at radius 3 is 2.47 bits per heavy atom. The number of hydrogen-bond donors (Lipinski definition) is 1. The molecule has 1 N–H and O–H groups in total. The summed E-state index contributed by atoms with van der Waals surface area (Å²) in [4.78, 5) is 2.28. The molecule has 19 heavy (non-hydrogen) atoms. The van der Waals surface area contributed by atoms with Crippen molar-refractivity contribution in [3.05, 3.63) is 24.3 Å². The van der Waals surface area contributed by atoms with Crippen LogP contribution in [0.5, 0.6) is 5.75 Å². The zero-order chi connectivity index (χ0) is 13.2. The number of alkyl halides is 2. The smallest absolute Gasteiger partial charge is 0.387 e. The Bertz CT molecular complexity index is 420. The fraction of sp³-hybridized carbons (Fsp3) is 0.571. The van der Waals surface area contributed by atoms with Crippen molar-refractivity contribution < 1.29 is 13.5 Å². The highest BCUT2D eigenvalue weighted by molar-refractivity contribution is 5.50. The van der Waals surface area contributed by atoms with Crippen LogP contribution in [-0.4, -0.2) is 31.8 Å².